The van der Waals surface area contributed by atoms with E-state index in [-0.39, 0.29) is 11.8 Å². The lowest BCUT2D eigenvalue weighted by Crippen LogP contribution is -2.23. The van der Waals surface area contributed by atoms with Crippen molar-refractivity contribution in [1.29, 1.82) is 0 Å². The molecule has 0 aliphatic rings. The molecule has 0 spiro atoms. The summed E-state index contributed by atoms with van der Waals surface area (Å²) in [5.41, 5.74) is 15.4. The molecular weight excluding hydrogens is 549 g/mol. The van der Waals surface area contributed by atoms with E-state index in [0.29, 0.717) is 29.9 Å². The van der Waals surface area contributed by atoms with E-state index in [1.54, 1.807) is 18.2 Å². The molecule has 1 heterocycles. The molecule has 0 saturated carbocycles. The van der Waals surface area contributed by atoms with E-state index in [1.165, 1.54) is 0 Å². The number of aromatic amines is 1. The Bertz CT molecular complexity index is 1250. The molecule has 3 aromatic carbocycles. The smallest absolute Gasteiger partial charge is 0.248 e. The third-order valence-corrected chi connectivity index (χ3v) is 5.22. The third-order valence-electron chi connectivity index (χ3n) is 5.22. The monoisotopic (exact) mass is 573 g/mol. The number of hydrogen-bond acceptors (Lipinski definition) is 5. The maximum absolute atomic E-state index is 13.0. The van der Waals surface area contributed by atoms with Crippen molar-refractivity contribution < 1.29 is 9.59 Å². The summed E-state index contributed by atoms with van der Waals surface area (Å²) in [4.78, 5) is 24.5. The summed E-state index contributed by atoms with van der Waals surface area (Å²) >= 11 is 1.84. The SMILES string of the molecule is NCCC(C(=O)Nc1ccc2[nH]nc(-c3cccc(C(N)=O)c3)c2c1)c1ccccc1.SI. The van der Waals surface area contributed by atoms with Gasteiger partial charge in [0.1, 0.15) is 0 Å². The quantitative estimate of drug-likeness (QED) is 0.163. The average Bonchev–Trinajstić information content (AvgIpc) is 3.27. The average molecular weight is 573 g/mol. The first-order valence-electron chi connectivity index (χ1n) is 10.2. The predicted molar refractivity (Wildman–Crippen MR) is 145 cm³/mol. The maximum Gasteiger partial charge on any atom is 0.248 e. The first kappa shape index (κ1) is 24.7. The van der Waals surface area contributed by atoms with Crippen LogP contribution in [0, 0.1) is 0 Å². The van der Waals surface area contributed by atoms with Gasteiger partial charge >= 0.3 is 0 Å². The normalized spacial score (nSPS) is 11.4. The molecule has 0 saturated heterocycles. The van der Waals surface area contributed by atoms with Gasteiger partial charge < -0.3 is 16.8 Å². The molecule has 1 unspecified atom stereocenters. The van der Waals surface area contributed by atoms with E-state index >= 15 is 0 Å². The summed E-state index contributed by atoms with van der Waals surface area (Å²) < 4.78 is 0. The zero-order chi connectivity index (χ0) is 23.8. The first-order valence-corrected chi connectivity index (χ1v) is 13.4. The number of anilines is 1. The Morgan fingerprint density at radius 3 is 2.48 bits per heavy atom. The second-order valence-electron chi connectivity index (χ2n) is 7.31. The van der Waals surface area contributed by atoms with Crippen molar-refractivity contribution in [2.45, 2.75) is 12.3 Å². The van der Waals surface area contributed by atoms with Crippen LogP contribution in [0.5, 0.6) is 0 Å². The predicted octanol–water partition coefficient (Wildman–Crippen LogP) is 4.67. The number of H-pyrrole nitrogens is 1. The molecule has 9 heteroatoms. The van der Waals surface area contributed by atoms with Crippen molar-refractivity contribution in [1.82, 2.24) is 10.2 Å². The number of fused-ring (bicyclic) bond motifs is 1. The van der Waals surface area contributed by atoms with E-state index in [2.05, 4.69) is 25.3 Å². The molecule has 0 radical (unpaired) electrons. The summed E-state index contributed by atoms with van der Waals surface area (Å²) in [6.45, 7) is 0.411. The molecule has 1 atom stereocenters. The standard InChI is InChI=1S/C24H23N5O2.HIS/c25-12-11-19(15-5-2-1-3-6-15)24(31)27-18-9-10-21-20(14-18)22(29-28-21)16-7-4-8-17(13-16)23(26)30;1-2/h1-10,13-14,19H,11-12,25H2,(H2,26,30)(H,27,31)(H,28,29);2H. The molecular formula is C24H24IN5O2S. The van der Waals surface area contributed by atoms with Gasteiger partial charge in [-0.2, -0.15) is 5.10 Å². The van der Waals surface area contributed by atoms with E-state index in [9.17, 15) is 9.59 Å². The molecule has 0 aliphatic carbocycles. The van der Waals surface area contributed by atoms with Crippen LogP contribution < -0.4 is 16.8 Å². The summed E-state index contributed by atoms with van der Waals surface area (Å²) in [6, 6.07) is 22.2. The van der Waals surface area contributed by atoms with Crippen LogP contribution in [0.2, 0.25) is 0 Å². The highest BCUT2D eigenvalue weighted by Crippen LogP contribution is 2.30. The lowest BCUT2D eigenvalue weighted by atomic mass is 9.94. The van der Waals surface area contributed by atoms with Crippen LogP contribution in [0.15, 0.2) is 72.8 Å². The minimum absolute atomic E-state index is 0.114. The number of primary amides is 1. The molecule has 2 amide bonds. The molecule has 0 bridgehead atoms. The molecule has 7 nitrogen and oxygen atoms in total. The Labute approximate surface area is 209 Å². The van der Waals surface area contributed by atoms with Crippen LogP contribution in [0.4, 0.5) is 5.69 Å². The second kappa shape index (κ2) is 11.8. The Morgan fingerprint density at radius 1 is 1.03 bits per heavy atom. The summed E-state index contributed by atoms with van der Waals surface area (Å²) in [6.07, 6.45) is 0.551. The Hall–Kier alpha value is -2.89. The van der Waals surface area contributed by atoms with E-state index in [0.717, 1.165) is 22.0 Å². The number of nitrogens with two attached hydrogens (primary N) is 2. The maximum atomic E-state index is 13.0. The number of thiol groups is 1. The number of hydrogen-bond donors (Lipinski definition) is 5. The van der Waals surface area contributed by atoms with Gasteiger partial charge in [-0.3, -0.25) is 14.7 Å². The van der Waals surface area contributed by atoms with Crippen LogP contribution in [-0.2, 0) is 4.79 Å². The third kappa shape index (κ3) is 5.92. The lowest BCUT2D eigenvalue weighted by molar-refractivity contribution is -0.117. The van der Waals surface area contributed by atoms with Crippen molar-refractivity contribution >= 4 is 59.4 Å². The van der Waals surface area contributed by atoms with Crippen LogP contribution in [0.1, 0.15) is 28.3 Å². The number of benzene rings is 3. The summed E-state index contributed by atoms with van der Waals surface area (Å²) in [5, 5.41) is 11.2. The molecule has 4 rings (SSSR count). The molecule has 0 fully saturated rings. The first-order chi connectivity index (χ1) is 16.1. The van der Waals surface area contributed by atoms with Gasteiger partial charge in [0.25, 0.3) is 0 Å². The second-order valence-corrected chi connectivity index (χ2v) is 7.31. The highest BCUT2D eigenvalue weighted by molar-refractivity contribution is 14.2. The summed E-state index contributed by atoms with van der Waals surface area (Å²) in [5.74, 6) is -0.948. The van der Waals surface area contributed by atoms with Crippen molar-refractivity contribution in [3.8, 4) is 11.3 Å². The van der Waals surface area contributed by atoms with Crippen molar-refractivity contribution in [3.05, 3.63) is 83.9 Å². The van der Waals surface area contributed by atoms with E-state index in [1.807, 2.05) is 75.8 Å². The molecule has 6 N–H and O–H groups in total. The number of halogens is 1. The summed E-state index contributed by atoms with van der Waals surface area (Å²) in [7, 11) is 3.50. The molecule has 0 aliphatic heterocycles. The lowest BCUT2D eigenvalue weighted by Gasteiger charge is -2.16. The van der Waals surface area contributed by atoms with Gasteiger partial charge in [-0.25, -0.2) is 0 Å². The minimum atomic E-state index is -0.499. The van der Waals surface area contributed by atoms with E-state index < -0.39 is 5.91 Å². The zero-order valence-electron chi connectivity index (χ0n) is 17.7. The number of nitrogens with one attached hydrogen (secondary N) is 2. The highest BCUT2D eigenvalue weighted by Gasteiger charge is 2.20. The van der Waals surface area contributed by atoms with Gasteiger partial charge in [0.2, 0.25) is 11.8 Å². The molecule has 33 heavy (non-hydrogen) atoms. The van der Waals surface area contributed by atoms with Crippen molar-refractivity contribution in [2.24, 2.45) is 11.5 Å². The van der Waals surface area contributed by atoms with Gasteiger partial charge in [0.15, 0.2) is 0 Å². The fourth-order valence-corrected chi connectivity index (χ4v) is 3.66. The van der Waals surface area contributed by atoms with Gasteiger partial charge in [0.05, 0.1) is 17.1 Å². The number of carbonyl (C=O) groups excluding carboxylic acids is 2. The minimum Gasteiger partial charge on any atom is -0.366 e. The van der Waals surface area contributed by atoms with Gasteiger partial charge in [-0.15, -0.1) is 9.80 Å². The Kier molecular flexibility index (Phi) is 8.87. The van der Waals surface area contributed by atoms with Crippen LogP contribution in [0.25, 0.3) is 22.2 Å². The Morgan fingerprint density at radius 2 is 1.79 bits per heavy atom. The van der Waals surface area contributed by atoms with Crippen LogP contribution >= 0.6 is 31.0 Å². The van der Waals surface area contributed by atoms with Crippen molar-refractivity contribution in [3.63, 3.8) is 0 Å². The topological polar surface area (TPSA) is 127 Å². The number of rotatable bonds is 7. The van der Waals surface area contributed by atoms with Crippen LogP contribution in [0.3, 0.4) is 0 Å². The fraction of sp³-hybridized carbons (Fsp3) is 0.125. The van der Waals surface area contributed by atoms with Gasteiger partial charge in [-0.1, -0.05) is 42.5 Å². The number of carbonyl (C=O) groups is 2. The van der Waals surface area contributed by atoms with Gasteiger partial charge in [0, 0.05) is 22.2 Å². The number of amides is 2. The molecule has 4 aromatic rings. The van der Waals surface area contributed by atoms with Crippen LogP contribution in [-0.4, -0.2) is 28.6 Å². The zero-order valence-corrected chi connectivity index (χ0v) is 20.7. The highest BCUT2D eigenvalue weighted by atomic mass is 127. The van der Waals surface area contributed by atoms with E-state index in [4.69, 9.17) is 11.5 Å². The van der Waals surface area contributed by atoms with Crippen molar-refractivity contribution in [2.75, 3.05) is 11.9 Å². The number of nitrogens with zero attached hydrogens (tertiary/aromatic N) is 1. The fourth-order valence-electron chi connectivity index (χ4n) is 3.66. The molecule has 1 aromatic heterocycles. The largest absolute Gasteiger partial charge is 0.366 e. The molecule has 170 valence electrons. The van der Waals surface area contributed by atoms with Gasteiger partial charge in [-0.05, 0) is 70.1 Å². The number of aromatic nitrogens is 2. The Balaban J connectivity index is 0.00000149.